The third kappa shape index (κ3) is 2.18. The van der Waals surface area contributed by atoms with Gasteiger partial charge in [0.05, 0.1) is 18.0 Å². The molecule has 2 saturated heterocycles. The SMILES string of the molecule is CC(C)[C@]12O[C@H]1C=C1[C@]3(O[C@H]3C[C@H]3c4coc(CO)c4CC[C@]13C)[C@@H]2OC(C)(C)C. The number of hydrogen-bond donors (Lipinski definition) is 1. The highest BCUT2D eigenvalue weighted by molar-refractivity contribution is 5.53. The molecule has 3 aliphatic carbocycles. The second-order valence-electron chi connectivity index (χ2n) is 11.6. The highest BCUT2D eigenvalue weighted by Gasteiger charge is 2.83. The molecule has 1 N–H and O–H groups in total. The first kappa shape index (κ1) is 19.5. The molecule has 1 spiro atoms. The van der Waals surface area contributed by atoms with Crippen molar-refractivity contribution in [2.75, 3.05) is 0 Å². The number of furan rings is 1. The van der Waals surface area contributed by atoms with Crippen LogP contribution >= 0.6 is 0 Å². The number of fused-ring (bicyclic) bond motifs is 5. The van der Waals surface area contributed by atoms with Gasteiger partial charge in [-0.2, -0.15) is 0 Å². The van der Waals surface area contributed by atoms with Gasteiger partial charge in [0.25, 0.3) is 0 Å². The van der Waals surface area contributed by atoms with Gasteiger partial charge < -0.3 is 23.7 Å². The first-order valence-electron chi connectivity index (χ1n) is 11.5. The molecule has 3 fully saturated rings. The maximum Gasteiger partial charge on any atom is 0.145 e. The molecule has 5 aliphatic rings. The monoisotopic (exact) mass is 414 g/mol. The third-order valence-electron chi connectivity index (χ3n) is 8.65. The quantitative estimate of drug-likeness (QED) is 0.591. The van der Waals surface area contributed by atoms with Crippen molar-refractivity contribution in [3.05, 3.63) is 34.8 Å². The van der Waals surface area contributed by atoms with Gasteiger partial charge in [0.1, 0.15) is 35.8 Å². The van der Waals surface area contributed by atoms with E-state index in [-0.39, 0.29) is 47.1 Å². The summed E-state index contributed by atoms with van der Waals surface area (Å²) in [5, 5.41) is 9.69. The topological polar surface area (TPSA) is 67.7 Å². The minimum atomic E-state index is -0.364. The maximum atomic E-state index is 9.69. The van der Waals surface area contributed by atoms with Crippen molar-refractivity contribution in [2.45, 2.75) is 108 Å². The van der Waals surface area contributed by atoms with Crippen LogP contribution in [0.25, 0.3) is 0 Å². The molecule has 0 bridgehead atoms. The number of hydrogen-bond acceptors (Lipinski definition) is 5. The summed E-state index contributed by atoms with van der Waals surface area (Å²) in [4.78, 5) is 0. The Balaban J connectivity index is 1.47. The largest absolute Gasteiger partial charge is 0.466 e. The third-order valence-corrected chi connectivity index (χ3v) is 8.65. The fourth-order valence-corrected chi connectivity index (χ4v) is 7.12. The predicted octanol–water partition coefficient (Wildman–Crippen LogP) is 4.27. The minimum Gasteiger partial charge on any atom is -0.466 e. The van der Waals surface area contributed by atoms with Gasteiger partial charge in [-0.1, -0.05) is 26.8 Å². The van der Waals surface area contributed by atoms with E-state index in [0.717, 1.165) is 25.0 Å². The molecule has 5 heteroatoms. The van der Waals surface area contributed by atoms with Crippen molar-refractivity contribution >= 4 is 0 Å². The molecule has 30 heavy (non-hydrogen) atoms. The van der Waals surface area contributed by atoms with Crippen LogP contribution in [0.1, 0.15) is 77.2 Å². The number of ether oxygens (including phenoxy) is 3. The molecule has 1 aromatic heterocycles. The van der Waals surface area contributed by atoms with Crippen LogP contribution in [0.3, 0.4) is 0 Å². The average Bonchev–Trinajstić information content (AvgIpc) is 3.53. The van der Waals surface area contributed by atoms with E-state index in [9.17, 15) is 5.11 Å². The summed E-state index contributed by atoms with van der Waals surface area (Å²) in [6.45, 7) is 13.3. The van der Waals surface area contributed by atoms with E-state index in [2.05, 4.69) is 47.6 Å². The lowest BCUT2D eigenvalue weighted by Gasteiger charge is -2.52. The first-order chi connectivity index (χ1) is 14.1. The van der Waals surface area contributed by atoms with Crippen LogP contribution in [0.15, 0.2) is 22.3 Å². The van der Waals surface area contributed by atoms with Crippen LogP contribution in [-0.4, -0.2) is 40.2 Å². The Morgan fingerprint density at radius 1 is 1.27 bits per heavy atom. The zero-order chi connectivity index (χ0) is 21.3. The molecule has 0 unspecified atom stereocenters. The van der Waals surface area contributed by atoms with Gasteiger partial charge in [-0.3, -0.25) is 0 Å². The molecule has 1 saturated carbocycles. The van der Waals surface area contributed by atoms with Gasteiger partial charge in [-0.15, -0.1) is 0 Å². The predicted molar refractivity (Wildman–Crippen MR) is 111 cm³/mol. The van der Waals surface area contributed by atoms with Crippen LogP contribution in [0.4, 0.5) is 0 Å². The zero-order valence-electron chi connectivity index (χ0n) is 19.0. The van der Waals surface area contributed by atoms with Gasteiger partial charge in [0.2, 0.25) is 0 Å². The van der Waals surface area contributed by atoms with E-state index in [1.807, 2.05) is 6.26 Å². The molecule has 1 aromatic rings. The van der Waals surface area contributed by atoms with Gasteiger partial charge in [0.15, 0.2) is 0 Å². The molecule has 0 aromatic carbocycles. The van der Waals surface area contributed by atoms with Crippen LogP contribution in [-0.2, 0) is 27.2 Å². The summed E-state index contributed by atoms with van der Waals surface area (Å²) < 4.78 is 25.6. The second kappa shape index (κ2) is 5.61. The van der Waals surface area contributed by atoms with Crippen molar-refractivity contribution in [3.63, 3.8) is 0 Å². The molecular weight excluding hydrogens is 380 g/mol. The standard InChI is InChI=1S/C25H34O5/c1-13(2)24-20(28-24)10-18-23(6)8-7-14-15(12-27-17(14)11-26)16(23)9-19-25(18,29-19)21(24)30-22(3,4)5/h10,12-13,16,19-21,26H,7-9,11H2,1-6H3/t16-,19-,20-,21+,23-,24-,25+/m0/s1. The fraction of sp³-hybridized carbons (Fsp3) is 0.760. The number of aliphatic hydroxyl groups excluding tert-OH is 1. The Morgan fingerprint density at radius 2 is 2.03 bits per heavy atom. The Morgan fingerprint density at radius 3 is 2.70 bits per heavy atom. The van der Waals surface area contributed by atoms with E-state index in [4.69, 9.17) is 18.6 Å². The van der Waals surface area contributed by atoms with Gasteiger partial charge in [-0.25, -0.2) is 0 Å². The normalized spacial score (nSPS) is 45.7. The van der Waals surface area contributed by atoms with E-state index in [0.29, 0.717) is 11.8 Å². The maximum absolute atomic E-state index is 9.69. The van der Waals surface area contributed by atoms with Crippen LogP contribution < -0.4 is 0 Å². The lowest BCUT2D eigenvalue weighted by molar-refractivity contribution is -0.132. The smallest absolute Gasteiger partial charge is 0.145 e. The van der Waals surface area contributed by atoms with Crippen LogP contribution in [0.5, 0.6) is 0 Å². The Kier molecular flexibility index (Phi) is 3.65. The molecular formula is C25H34O5. The first-order valence-corrected chi connectivity index (χ1v) is 11.5. The summed E-state index contributed by atoms with van der Waals surface area (Å²) in [6, 6.07) is 0. The Labute approximate surface area is 178 Å². The highest BCUT2D eigenvalue weighted by Crippen LogP contribution is 2.73. The Hall–Kier alpha value is -1.14. The molecule has 6 rings (SSSR count). The molecule has 7 atom stereocenters. The number of aliphatic hydroxyl groups is 1. The van der Waals surface area contributed by atoms with E-state index in [1.165, 1.54) is 16.7 Å². The number of epoxide rings is 2. The average molecular weight is 415 g/mol. The lowest BCUT2D eigenvalue weighted by atomic mass is 9.51. The lowest BCUT2D eigenvalue weighted by Crippen LogP contribution is -2.60. The highest BCUT2D eigenvalue weighted by atomic mass is 16.7. The molecule has 164 valence electrons. The van der Waals surface area contributed by atoms with E-state index in [1.54, 1.807) is 0 Å². The van der Waals surface area contributed by atoms with Crippen LogP contribution in [0, 0.1) is 11.3 Å². The van der Waals surface area contributed by atoms with Gasteiger partial charge in [0, 0.05) is 0 Å². The van der Waals surface area contributed by atoms with Gasteiger partial charge >= 0.3 is 0 Å². The van der Waals surface area contributed by atoms with Crippen molar-refractivity contribution < 1.29 is 23.7 Å². The second-order valence-corrected chi connectivity index (χ2v) is 11.6. The minimum absolute atomic E-state index is 0.00875. The summed E-state index contributed by atoms with van der Waals surface area (Å²) >= 11 is 0. The molecule has 2 aliphatic heterocycles. The van der Waals surface area contributed by atoms with Crippen molar-refractivity contribution in [1.82, 2.24) is 0 Å². The zero-order valence-corrected chi connectivity index (χ0v) is 19.0. The summed E-state index contributed by atoms with van der Waals surface area (Å²) in [5.41, 5.74) is 2.95. The van der Waals surface area contributed by atoms with E-state index >= 15 is 0 Å². The van der Waals surface area contributed by atoms with E-state index < -0.39 is 0 Å². The summed E-state index contributed by atoms with van der Waals surface area (Å²) in [6.07, 6.45) is 7.37. The van der Waals surface area contributed by atoms with Gasteiger partial charge in [-0.05, 0) is 74.0 Å². The fourth-order valence-electron chi connectivity index (χ4n) is 7.12. The van der Waals surface area contributed by atoms with Crippen molar-refractivity contribution in [1.29, 1.82) is 0 Å². The van der Waals surface area contributed by atoms with Crippen LogP contribution in [0.2, 0.25) is 0 Å². The molecule has 0 amide bonds. The molecule has 0 radical (unpaired) electrons. The Bertz CT molecular complexity index is 938. The molecule has 5 nitrogen and oxygen atoms in total. The van der Waals surface area contributed by atoms with Crippen molar-refractivity contribution in [3.8, 4) is 0 Å². The number of rotatable bonds is 3. The summed E-state index contributed by atoms with van der Waals surface area (Å²) in [7, 11) is 0. The summed E-state index contributed by atoms with van der Waals surface area (Å²) in [5.74, 6) is 1.44. The van der Waals surface area contributed by atoms with Crippen molar-refractivity contribution in [2.24, 2.45) is 11.3 Å². The molecule has 3 heterocycles.